The van der Waals surface area contributed by atoms with Gasteiger partial charge in [-0.25, -0.2) is 0 Å². The predicted molar refractivity (Wildman–Crippen MR) is 96.1 cm³/mol. The van der Waals surface area contributed by atoms with E-state index in [2.05, 4.69) is 5.16 Å². The smallest absolute Gasteiger partial charge is 0.202 e. The second-order valence-corrected chi connectivity index (χ2v) is 6.47. The van der Waals surface area contributed by atoms with Gasteiger partial charge in [0.15, 0.2) is 12.4 Å². The van der Waals surface area contributed by atoms with Gasteiger partial charge >= 0.3 is 0 Å². The van der Waals surface area contributed by atoms with E-state index in [0.717, 1.165) is 17.0 Å². The van der Waals surface area contributed by atoms with Crippen LogP contribution < -0.4 is 4.74 Å². The van der Waals surface area contributed by atoms with E-state index in [9.17, 15) is 4.79 Å². The van der Waals surface area contributed by atoms with Crippen molar-refractivity contribution in [1.82, 2.24) is 9.72 Å². The number of nitrogens with zero attached hydrogens (tertiary/aromatic N) is 2. The summed E-state index contributed by atoms with van der Waals surface area (Å²) in [6.45, 7) is 7.50. The third-order valence-electron chi connectivity index (χ3n) is 4.02. The number of aromatic nitrogens is 2. The number of ether oxygens (including phenoxy) is 1. The van der Waals surface area contributed by atoms with Gasteiger partial charge in [-0.15, -0.1) is 0 Å². The van der Waals surface area contributed by atoms with Crippen molar-refractivity contribution >= 4 is 17.4 Å². The Kier molecular flexibility index (Phi) is 4.68. The summed E-state index contributed by atoms with van der Waals surface area (Å²) >= 11 is 6.11. The molecule has 0 N–H and O–H groups in total. The Hall–Kier alpha value is -2.53. The Labute approximate surface area is 151 Å². The summed E-state index contributed by atoms with van der Waals surface area (Å²) in [5.74, 6) is 1.77. The first-order valence-corrected chi connectivity index (χ1v) is 8.29. The van der Waals surface area contributed by atoms with E-state index in [-0.39, 0.29) is 12.4 Å². The van der Waals surface area contributed by atoms with Crippen molar-refractivity contribution in [3.05, 3.63) is 63.6 Å². The Morgan fingerprint density at radius 1 is 1.20 bits per heavy atom. The summed E-state index contributed by atoms with van der Waals surface area (Å²) in [5.41, 5.74) is 3.32. The molecule has 0 unspecified atom stereocenters. The molecular formula is C19H19ClN2O3. The highest BCUT2D eigenvalue weighted by Crippen LogP contribution is 2.26. The normalized spacial score (nSPS) is 10.9. The van der Waals surface area contributed by atoms with Crippen molar-refractivity contribution in [3.63, 3.8) is 0 Å². The highest BCUT2D eigenvalue weighted by atomic mass is 35.5. The molecule has 1 aromatic carbocycles. The third kappa shape index (κ3) is 3.46. The maximum absolute atomic E-state index is 12.6. The number of hydrogen-bond donors (Lipinski definition) is 0. The minimum absolute atomic E-state index is 0.0781. The summed E-state index contributed by atoms with van der Waals surface area (Å²) in [5, 5.41) is 4.51. The number of carbonyl (C=O) groups excluding carboxylic acids is 1. The molecule has 3 rings (SSSR count). The molecule has 2 heterocycles. The lowest BCUT2D eigenvalue weighted by atomic mass is 10.1. The van der Waals surface area contributed by atoms with Crippen LogP contribution in [0.4, 0.5) is 0 Å². The van der Waals surface area contributed by atoms with Crippen LogP contribution in [0.5, 0.6) is 5.75 Å². The van der Waals surface area contributed by atoms with Crippen LogP contribution in [-0.2, 0) is 0 Å². The molecule has 0 saturated carbocycles. The average Bonchev–Trinajstić information content (AvgIpc) is 3.11. The Morgan fingerprint density at radius 3 is 2.64 bits per heavy atom. The van der Waals surface area contributed by atoms with Crippen molar-refractivity contribution in [3.8, 4) is 11.6 Å². The third-order valence-corrected chi connectivity index (χ3v) is 4.33. The van der Waals surface area contributed by atoms with Gasteiger partial charge in [0.25, 0.3) is 0 Å². The van der Waals surface area contributed by atoms with Gasteiger partial charge < -0.3 is 9.26 Å². The van der Waals surface area contributed by atoms with Crippen molar-refractivity contribution < 1.29 is 14.1 Å². The number of carbonyl (C=O) groups is 1. The summed E-state index contributed by atoms with van der Waals surface area (Å²) in [7, 11) is 0. The highest BCUT2D eigenvalue weighted by molar-refractivity contribution is 6.32. The summed E-state index contributed by atoms with van der Waals surface area (Å²) in [4.78, 5) is 12.6. The number of rotatable bonds is 5. The molecule has 0 atom stereocenters. The molecule has 0 radical (unpaired) electrons. The lowest BCUT2D eigenvalue weighted by Gasteiger charge is -2.09. The molecule has 0 aliphatic carbocycles. The van der Waals surface area contributed by atoms with Crippen LogP contribution in [0, 0.1) is 27.7 Å². The molecule has 0 spiro atoms. The second kappa shape index (κ2) is 6.76. The molecule has 0 aliphatic rings. The number of ketones is 1. The monoisotopic (exact) mass is 358 g/mol. The van der Waals surface area contributed by atoms with Crippen LogP contribution in [0.3, 0.4) is 0 Å². The number of aryl methyl sites for hydroxylation is 3. The van der Waals surface area contributed by atoms with E-state index in [1.807, 2.05) is 56.5 Å². The fourth-order valence-electron chi connectivity index (χ4n) is 2.80. The van der Waals surface area contributed by atoms with Crippen LogP contribution in [-0.4, -0.2) is 22.1 Å². The van der Waals surface area contributed by atoms with Gasteiger partial charge in [-0.05, 0) is 51.5 Å². The Bertz CT molecular complexity index is 940. The first-order chi connectivity index (χ1) is 11.9. The minimum atomic E-state index is -0.114. The predicted octanol–water partition coefficient (Wildman–Crippen LogP) is 4.61. The van der Waals surface area contributed by atoms with Gasteiger partial charge in [0.2, 0.25) is 5.78 Å². The average molecular weight is 359 g/mol. The van der Waals surface area contributed by atoms with Gasteiger partial charge in [-0.3, -0.25) is 9.36 Å². The maximum atomic E-state index is 12.6. The Balaban J connectivity index is 1.82. The van der Waals surface area contributed by atoms with Crippen LogP contribution in [0.15, 0.2) is 34.9 Å². The van der Waals surface area contributed by atoms with Crippen molar-refractivity contribution in [1.29, 1.82) is 0 Å². The van der Waals surface area contributed by atoms with Crippen LogP contribution in [0.2, 0.25) is 5.02 Å². The molecule has 3 aromatic rings. The van der Waals surface area contributed by atoms with Crippen molar-refractivity contribution in [2.45, 2.75) is 27.7 Å². The van der Waals surface area contributed by atoms with E-state index < -0.39 is 0 Å². The first-order valence-electron chi connectivity index (χ1n) is 7.91. The van der Waals surface area contributed by atoms with Crippen molar-refractivity contribution in [2.24, 2.45) is 0 Å². The molecule has 0 fully saturated rings. The topological polar surface area (TPSA) is 57.3 Å². The second-order valence-electron chi connectivity index (χ2n) is 6.06. The number of benzene rings is 1. The van der Waals surface area contributed by atoms with Crippen LogP contribution in [0.1, 0.15) is 33.1 Å². The molecule has 25 heavy (non-hydrogen) atoms. The number of Topliss-reactive ketones (excluding diaryl/α,β-unsaturated/α-hetero) is 1. The zero-order valence-corrected chi connectivity index (χ0v) is 15.3. The molecule has 0 aliphatic heterocycles. The molecule has 0 amide bonds. The lowest BCUT2D eigenvalue weighted by Crippen LogP contribution is -2.13. The molecule has 0 saturated heterocycles. The molecule has 130 valence electrons. The molecular weight excluding hydrogens is 340 g/mol. The van der Waals surface area contributed by atoms with Gasteiger partial charge in [-0.2, -0.15) is 0 Å². The lowest BCUT2D eigenvalue weighted by molar-refractivity contribution is 0.0921. The van der Waals surface area contributed by atoms with E-state index in [4.69, 9.17) is 20.9 Å². The minimum Gasteiger partial charge on any atom is -0.484 e. The van der Waals surface area contributed by atoms with Crippen LogP contribution in [0.25, 0.3) is 5.82 Å². The largest absolute Gasteiger partial charge is 0.484 e. The van der Waals surface area contributed by atoms with E-state index in [1.165, 1.54) is 0 Å². The van der Waals surface area contributed by atoms with Crippen LogP contribution >= 0.6 is 11.6 Å². The van der Waals surface area contributed by atoms with E-state index in [1.54, 1.807) is 6.07 Å². The zero-order valence-electron chi connectivity index (χ0n) is 14.6. The fraction of sp³-hybridized carbons (Fsp3) is 0.263. The molecule has 0 bridgehead atoms. The van der Waals surface area contributed by atoms with Gasteiger partial charge in [0.05, 0.1) is 5.02 Å². The molecule has 6 heteroatoms. The summed E-state index contributed by atoms with van der Waals surface area (Å²) in [6.07, 6.45) is 0. The van der Waals surface area contributed by atoms with Gasteiger partial charge in [0.1, 0.15) is 11.5 Å². The fourth-order valence-corrected chi connectivity index (χ4v) is 2.97. The van der Waals surface area contributed by atoms with E-state index in [0.29, 0.717) is 27.9 Å². The van der Waals surface area contributed by atoms with Gasteiger partial charge in [-0.1, -0.05) is 22.8 Å². The number of hydrogen-bond acceptors (Lipinski definition) is 4. The molecule has 2 aromatic heterocycles. The summed E-state index contributed by atoms with van der Waals surface area (Å²) in [6, 6.07) is 9.14. The van der Waals surface area contributed by atoms with E-state index >= 15 is 0 Å². The standard InChI is InChI=1S/C19H19ClN2O3/c1-11-5-6-16(20)18(7-11)24-10-17(23)15-8-12(2)22(14(15)4)19-9-13(3)25-21-19/h5-9H,10H2,1-4H3. The quantitative estimate of drug-likeness (QED) is 0.625. The maximum Gasteiger partial charge on any atom is 0.202 e. The van der Waals surface area contributed by atoms with Gasteiger partial charge in [0, 0.05) is 23.0 Å². The SMILES string of the molecule is Cc1ccc(Cl)c(OCC(=O)c2cc(C)n(-c3cc(C)on3)c2C)c1. The molecule has 5 nitrogen and oxygen atoms in total. The highest BCUT2D eigenvalue weighted by Gasteiger charge is 2.19. The van der Waals surface area contributed by atoms with Crippen molar-refractivity contribution in [2.75, 3.05) is 6.61 Å². The summed E-state index contributed by atoms with van der Waals surface area (Å²) < 4.78 is 12.6. The first kappa shape index (κ1) is 17.3. The zero-order chi connectivity index (χ0) is 18.1. The number of halogens is 1. The Morgan fingerprint density at radius 2 is 1.96 bits per heavy atom.